The second kappa shape index (κ2) is 5.27. The standard InChI is InChI=1S/C14H11ClFN5O/c1-21-13-10(5-7(6-18-13)12(17)22)19-14(21)20-11-8(15)3-2-4-9(11)16/h2-6H,1H3,(H2,17,22)(H,19,20). The Morgan fingerprint density at radius 3 is 2.91 bits per heavy atom. The molecule has 0 aliphatic carbocycles. The van der Waals surface area contributed by atoms with Gasteiger partial charge in [-0.2, -0.15) is 0 Å². The number of carbonyl (C=O) groups excluding carboxylic acids is 1. The summed E-state index contributed by atoms with van der Waals surface area (Å²) in [6.45, 7) is 0. The Bertz CT molecular complexity index is 872. The number of nitrogens with one attached hydrogen (secondary N) is 1. The second-order valence-corrected chi connectivity index (χ2v) is 5.05. The molecule has 22 heavy (non-hydrogen) atoms. The maximum atomic E-state index is 13.8. The predicted molar refractivity (Wildman–Crippen MR) is 81.7 cm³/mol. The van der Waals surface area contributed by atoms with Crippen molar-refractivity contribution in [3.63, 3.8) is 0 Å². The first-order valence-electron chi connectivity index (χ1n) is 6.30. The van der Waals surface area contributed by atoms with Crippen molar-refractivity contribution in [3.8, 4) is 0 Å². The molecule has 8 heteroatoms. The van der Waals surface area contributed by atoms with Gasteiger partial charge in [0.2, 0.25) is 11.9 Å². The summed E-state index contributed by atoms with van der Waals surface area (Å²) in [5.74, 6) is -0.742. The molecule has 0 aliphatic rings. The number of rotatable bonds is 3. The molecule has 0 aliphatic heterocycles. The maximum absolute atomic E-state index is 13.8. The highest BCUT2D eigenvalue weighted by atomic mass is 35.5. The molecule has 112 valence electrons. The van der Waals surface area contributed by atoms with Gasteiger partial charge in [-0.3, -0.25) is 9.36 Å². The van der Waals surface area contributed by atoms with Gasteiger partial charge in [-0.25, -0.2) is 14.4 Å². The van der Waals surface area contributed by atoms with Gasteiger partial charge >= 0.3 is 0 Å². The van der Waals surface area contributed by atoms with Gasteiger partial charge in [-0.1, -0.05) is 17.7 Å². The number of aromatic nitrogens is 3. The molecule has 0 spiro atoms. The zero-order valence-electron chi connectivity index (χ0n) is 11.5. The number of para-hydroxylation sites is 1. The van der Waals surface area contributed by atoms with E-state index in [0.29, 0.717) is 17.1 Å². The van der Waals surface area contributed by atoms with Crippen LogP contribution in [-0.2, 0) is 7.05 Å². The molecule has 3 rings (SSSR count). The normalized spacial score (nSPS) is 10.9. The number of hydrogen-bond acceptors (Lipinski definition) is 4. The van der Waals surface area contributed by atoms with E-state index < -0.39 is 11.7 Å². The minimum absolute atomic E-state index is 0.123. The minimum Gasteiger partial charge on any atom is -0.366 e. The summed E-state index contributed by atoms with van der Waals surface area (Å²) in [5.41, 5.74) is 6.58. The number of amides is 1. The molecule has 3 N–H and O–H groups in total. The Morgan fingerprint density at radius 1 is 1.45 bits per heavy atom. The Balaban J connectivity index is 2.08. The van der Waals surface area contributed by atoms with Gasteiger partial charge in [-0.05, 0) is 18.2 Å². The van der Waals surface area contributed by atoms with Crippen LogP contribution in [0.3, 0.4) is 0 Å². The zero-order chi connectivity index (χ0) is 15.9. The van der Waals surface area contributed by atoms with Crippen LogP contribution in [0.2, 0.25) is 5.02 Å². The van der Waals surface area contributed by atoms with Crippen molar-refractivity contribution in [1.82, 2.24) is 14.5 Å². The van der Waals surface area contributed by atoms with Crippen LogP contribution in [0.15, 0.2) is 30.5 Å². The number of nitrogens with two attached hydrogens (primary N) is 1. The quantitative estimate of drug-likeness (QED) is 0.777. The molecule has 0 fully saturated rings. The summed E-state index contributed by atoms with van der Waals surface area (Å²) < 4.78 is 15.5. The largest absolute Gasteiger partial charge is 0.366 e. The lowest BCUT2D eigenvalue weighted by atomic mass is 10.2. The van der Waals surface area contributed by atoms with Crippen LogP contribution in [0.1, 0.15) is 10.4 Å². The third-order valence-corrected chi connectivity index (χ3v) is 3.51. The minimum atomic E-state index is -0.591. The highest BCUT2D eigenvalue weighted by Gasteiger charge is 2.14. The number of fused-ring (bicyclic) bond motifs is 1. The van der Waals surface area contributed by atoms with E-state index in [-0.39, 0.29) is 16.3 Å². The molecule has 1 amide bonds. The van der Waals surface area contributed by atoms with Gasteiger partial charge in [-0.15, -0.1) is 0 Å². The topological polar surface area (TPSA) is 85.8 Å². The van der Waals surface area contributed by atoms with Gasteiger partial charge in [0.15, 0.2) is 5.65 Å². The Hall–Kier alpha value is -2.67. The fraction of sp³-hybridized carbons (Fsp3) is 0.0714. The number of benzene rings is 1. The number of imidazole rings is 1. The molecular formula is C14H11ClFN5O. The van der Waals surface area contributed by atoms with Crippen LogP contribution < -0.4 is 11.1 Å². The summed E-state index contributed by atoms with van der Waals surface area (Å²) in [6.07, 6.45) is 1.37. The summed E-state index contributed by atoms with van der Waals surface area (Å²) in [6, 6.07) is 5.90. The summed E-state index contributed by atoms with van der Waals surface area (Å²) >= 11 is 5.98. The number of carbonyl (C=O) groups is 1. The van der Waals surface area contributed by atoms with Crippen molar-refractivity contribution < 1.29 is 9.18 Å². The number of halogens is 2. The van der Waals surface area contributed by atoms with Crippen molar-refractivity contribution in [2.45, 2.75) is 0 Å². The molecule has 0 atom stereocenters. The van der Waals surface area contributed by atoms with Crippen LogP contribution in [-0.4, -0.2) is 20.4 Å². The molecule has 1 aromatic carbocycles. The lowest BCUT2D eigenvalue weighted by Gasteiger charge is -2.08. The van der Waals surface area contributed by atoms with E-state index in [9.17, 15) is 9.18 Å². The van der Waals surface area contributed by atoms with E-state index in [2.05, 4.69) is 15.3 Å². The van der Waals surface area contributed by atoms with Gasteiger partial charge in [0.1, 0.15) is 11.3 Å². The van der Waals surface area contributed by atoms with E-state index in [1.54, 1.807) is 17.7 Å². The number of pyridine rings is 1. The maximum Gasteiger partial charge on any atom is 0.250 e. The lowest BCUT2D eigenvalue weighted by Crippen LogP contribution is -2.11. The lowest BCUT2D eigenvalue weighted by molar-refractivity contribution is 0.1000. The van der Waals surface area contributed by atoms with Gasteiger partial charge in [0, 0.05) is 13.2 Å². The molecule has 0 radical (unpaired) electrons. The molecule has 0 saturated heterocycles. The smallest absolute Gasteiger partial charge is 0.250 e. The number of anilines is 2. The van der Waals surface area contributed by atoms with E-state index in [4.69, 9.17) is 17.3 Å². The fourth-order valence-corrected chi connectivity index (χ4v) is 2.26. The first kappa shape index (κ1) is 14.3. The fourth-order valence-electron chi connectivity index (χ4n) is 2.05. The summed E-state index contributed by atoms with van der Waals surface area (Å²) in [7, 11) is 1.71. The van der Waals surface area contributed by atoms with Crippen LogP contribution in [0.4, 0.5) is 16.0 Å². The number of nitrogens with zero attached hydrogens (tertiary/aromatic N) is 3. The SMILES string of the molecule is Cn1c(Nc2c(F)cccc2Cl)nc2cc(C(N)=O)cnc21. The molecule has 2 heterocycles. The molecule has 0 saturated carbocycles. The number of hydrogen-bond donors (Lipinski definition) is 2. The van der Waals surface area contributed by atoms with E-state index in [1.165, 1.54) is 24.4 Å². The monoisotopic (exact) mass is 319 g/mol. The second-order valence-electron chi connectivity index (χ2n) is 4.65. The third-order valence-electron chi connectivity index (χ3n) is 3.19. The van der Waals surface area contributed by atoms with Gasteiger partial charge in [0.25, 0.3) is 0 Å². The summed E-state index contributed by atoms with van der Waals surface area (Å²) in [5, 5.41) is 3.07. The van der Waals surface area contributed by atoms with E-state index >= 15 is 0 Å². The predicted octanol–water partition coefficient (Wildman–Crippen LogP) is 2.60. The van der Waals surface area contributed by atoms with Crippen molar-refractivity contribution in [3.05, 3.63) is 46.9 Å². The highest BCUT2D eigenvalue weighted by Crippen LogP contribution is 2.28. The molecule has 0 bridgehead atoms. The average molecular weight is 320 g/mol. The van der Waals surface area contributed by atoms with E-state index in [1.807, 2.05) is 0 Å². The van der Waals surface area contributed by atoms with Crippen molar-refractivity contribution >= 4 is 40.3 Å². The Kier molecular flexibility index (Phi) is 3.42. The average Bonchev–Trinajstić information content (AvgIpc) is 2.79. The molecular weight excluding hydrogens is 309 g/mol. The molecule has 6 nitrogen and oxygen atoms in total. The van der Waals surface area contributed by atoms with Crippen molar-refractivity contribution in [1.29, 1.82) is 0 Å². The van der Waals surface area contributed by atoms with Crippen molar-refractivity contribution in [2.24, 2.45) is 12.8 Å². The highest BCUT2D eigenvalue weighted by molar-refractivity contribution is 6.33. The Labute approximate surface area is 129 Å². The molecule has 2 aromatic heterocycles. The number of aryl methyl sites for hydroxylation is 1. The number of primary amides is 1. The third kappa shape index (κ3) is 2.35. The van der Waals surface area contributed by atoms with Crippen molar-refractivity contribution in [2.75, 3.05) is 5.32 Å². The first-order valence-corrected chi connectivity index (χ1v) is 6.68. The molecule has 3 aromatic rings. The van der Waals surface area contributed by atoms with E-state index in [0.717, 1.165) is 0 Å². The zero-order valence-corrected chi connectivity index (χ0v) is 12.2. The van der Waals surface area contributed by atoms with Crippen LogP contribution >= 0.6 is 11.6 Å². The van der Waals surface area contributed by atoms with Gasteiger partial charge in [0.05, 0.1) is 16.3 Å². The van der Waals surface area contributed by atoms with Crippen LogP contribution in [0, 0.1) is 5.82 Å². The first-order chi connectivity index (χ1) is 10.5. The molecule has 0 unspecified atom stereocenters. The van der Waals surface area contributed by atoms with Crippen LogP contribution in [0.5, 0.6) is 0 Å². The van der Waals surface area contributed by atoms with Gasteiger partial charge < -0.3 is 11.1 Å². The van der Waals surface area contributed by atoms with Crippen LogP contribution in [0.25, 0.3) is 11.2 Å². The summed E-state index contributed by atoms with van der Waals surface area (Å²) in [4.78, 5) is 19.6. The Morgan fingerprint density at radius 2 is 2.23 bits per heavy atom.